The normalized spacial score (nSPS) is 12.4. The van der Waals surface area contributed by atoms with E-state index in [9.17, 15) is 4.79 Å². The van der Waals surface area contributed by atoms with E-state index in [4.69, 9.17) is 16.7 Å². The molecular formula is C14H15ClN2O2S. The van der Waals surface area contributed by atoms with Crippen molar-refractivity contribution in [2.24, 2.45) is 5.92 Å². The Labute approximate surface area is 126 Å². The summed E-state index contributed by atoms with van der Waals surface area (Å²) in [5.74, 6) is -0.337. The third kappa shape index (κ3) is 3.11. The molecule has 4 nitrogen and oxygen atoms in total. The van der Waals surface area contributed by atoms with E-state index in [0.29, 0.717) is 11.7 Å². The van der Waals surface area contributed by atoms with Crippen LogP contribution in [0.1, 0.15) is 35.1 Å². The van der Waals surface area contributed by atoms with Crippen molar-refractivity contribution < 1.29 is 9.90 Å². The molecule has 0 saturated carbocycles. The van der Waals surface area contributed by atoms with Crippen LogP contribution in [0.2, 0.25) is 5.02 Å². The van der Waals surface area contributed by atoms with Crippen molar-refractivity contribution in [1.29, 1.82) is 0 Å². The highest BCUT2D eigenvalue weighted by Crippen LogP contribution is 2.32. The molecular weight excluding hydrogens is 296 g/mol. The number of carboxylic acid groups (broad SMARTS) is 1. The first kappa shape index (κ1) is 14.8. The van der Waals surface area contributed by atoms with Crippen molar-refractivity contribution >= 4 is 34.7 Å². The smallest absolute Gasteiger partial charge is 0.337 e. The Hall–Kier alpha value is -1.59. The molecule has 0 saturated heterocycles. The number of hydrogen-bond donors (Lipinski definition) is 2. The van der Waals surface area contributed by atoms with Gasteiger partial charge in [0, 0.05) is 11.1 Å². The first-order valence-electron chi connectivity index (χ1n) is 6.18. The van der Waals surface area contributed by atoms with E-state index in [1.807, 2.05) is 17.5 Å². The molecule has 6 heteroatoms. The molecule has 0 aromatic carbocycles. The number of pyridine rings is 1. The fourth-order valence-electron chi connectivity index (χ4n) is 1.89. The standard InChI is InChI=1S/C14H15ClN2O2S/c1-8(2)12(10-4-3-7-20-10)17-13-11(15)9(14(18)19)5-6-16-13/h3-8,12H,1-2H3,(H,16,17)(H,18,19). The average molecular weight is 311 g/mol. The van der Waals surface area contributed by atoms with E-state index in [0.717, 1.165) is 0 Å². The first-order valence-corrected chi connectivity index (χ1v) is 7.44. The number of rotatable bonds is 5. The fraction of sp³-hybridized carbons (Fsp3) is 0.286. The SMILES string of the molecule is CC(C)C(Nc1nccc(C(=O)O)c1Cl)c1cccs1. The maximum atomic E-state index is 11.1. The lowest BCUT2D eigenvalue weighted by atomic mass is 10.0. The number of carbonyl (C=O) groups is 1. The van der Waals surface area contributed by atoms with Crippen LogP contribution in [0.25, 0.3) is 0 Å². The predicted octanol–water partition coefficient (Wildman–Crippen LogP) is 4.30. The Morgan fingerprint density at radius 2 is 2.20 bits per heavy atom. The van der Waals surface area contributed by atoms with Crippen LogP contribution >= 0.6 is 22.9 Å². The summed E-state index contributed by atoms with van der Waals surface area (Å²) in [5, 5.41) is 14.5. The van der Waals surface area contributed by atoms with Gasteiger partial charge in [-0.25, -0.2) is 9.78 Å². The molecule has 2 aromatic heterocycles. The second-order valence-corrected chi connectivity index (χ2v) is 6.06. The van der Waals surface area contributed by atoms with Crippen molar-refractivity contribution in [1.82, 2.24) is 4.98 Å². The second kappa shape index (κ2) is 6.24. The number of nitrogens with zero attached hydrogens (tertiary/aromatic N) is 1. The second-order valence-electron chi connectivity index (χ2n) is 4.71. The minimum absolute atomic E-state index is 0.0454. The number of aromatic carboxylic acids is 1. The zero-order chi connectivity index (χ0) is 14.7. The number of thiophene rings is 1. The molecule has 0 aliphatic carbocycles. The van der Waals surface area contributed by atoms with Gasteiger partial charge in [0.2, 0.25) is 0 Å². The van der Waals surface area contributed by atoms with Crippen molar-refractivity contribution in [3.8, 4) is 0 Å². The van der Waals surface area contributed by atoms with Crippen LogP contribution in [0.15, 0.2) is 29.8 Å². The zero-order valence-electron chi connectivity index (χ0n) is 11.1. The van der Waals surface area contributed by atoms with Crippen LogP contribution in [-0.2, 0) is 0 Å². The summed E-state index contributed by atoms with van der Waals surface area (Å²) in [4.78, 5) is 16.4. The molecule has 0 fully saturated rings. The highest BCUT2D eigenvalue weighted by atomic mass is 35.5. The summed E-state index contributed by atoms with van der Waals surface area (Å²) in [6.45, 7) is 4.18. The third-order valence-electron chi connectivity index (χ3n) is 2.93. The van der Waals surface area contributed by atoms with Gasteiger partial charge in [0.15, 0.2) is 0 Å². The summed E-state index contributed by atoms with van der Waals surface area (Å²) in [6, 6.07) is 5.46. The maximum Gasteiger partial charge on any atom is 0.337 e. The molecule has 0 radical (unpaired) electrons. The van der Waals surface area contributed by atoms with E-state index in [2.05, 4.69) is 24.1 Å². The van der Waals surface area contributed by atoms with Crippen molar-refractivity contribution in [3.63, 3.8) is 0 Å². The summed E-state index contributed by atoms with van der Waals surface area (Å²) in [7, 11) is 0. The van der Waals surface area contributed by atoms with Gasteiger partial charge < -0.3 is 10.4 Å². The van der Waals surface area contributed by atoms with E-state index < -0.39 is 5.97 Å². The summed E-state index contributed by atoms with van der Waals surface area (Å²) < 4.78 is 0. The van der Waals surface area contributed by atoms with Crippen molar-refractivity contribution in [2.75, 3.05) is 5.32 Å². The molecule has 1 atom stereocenters. The summed E-state index contributed by atoms with van der Waals surface area (Å²) >= 11 is 7.76. The largest absolute Gasteiger partial charge is 0.478 e. The summed E-state index contributed by atoms with van der Waals surface area (Å²) in [6.07, 6.45) is 1.45. The van der Waals surface area contributed by atoms with Gasteiger partial charge in [-0.3, -0.25) is 0 Å². The molecule has 1 unspecified atom stereocenters. The molecule has 20 heavy (non-hydrogen) atoms. The number of nitrogens with one attached hydrogen (secondary N) is 1. The van der Waals surface area contributed by atoms with Gasteiger partial charge in [-0.15, -0.1) is 11.3 Å². The quantitative estimate of drug-likeness (QED) is 0.864. The molecule has 0 spiro atoms. The molecule has 106 valence electrons. The van der Waals surface area contributed by atoms with Crippen LogP contribution < -0.4 is 5.32 Å². The molecule has 0 amide bonds. The van der Waals surface area contributed by atoms with E-state index in [1.165, 1.54) is 17.1 Å². The average Bonchev–Trinajstić information content (AvgIpc) is 2.90. The lowest BCUT2D eigenvalue weighted by Gasteiger charge is -2.22. The fourth-order valence-corrected chi connectivity index (χ4v) is 3.09. The van der Waals surface area contributed by atoms with Crippen LogP contribution in [0, 0.1) is 5.92 Å². The molecule has 2 aromatic rings. The molecule has 2 heterocycles. The number of hydrogen-bond acceptors (Lipinski definition) is 4. The van der Waals surface area contributed by atoms with Crippen LogP contribution in [0.4, 0.5) is 5.82 Å². The molecule has 0 bridgehead atoms. The third-order valence-corrected chi connectivity index (χ3v) is 4.27. The van der Waals surface area contributed by atoms with E-state index in [1.54, 1.807) is 11.3 Å². The van der Waals surface area contributed by atoms with E-state index >= 15 is 0 Å². The number of carboxylic acids is 1. The topological polar surface area (TPSA) is 62.2 Å². The van der Waals surface area contributed by atoms with Gasteiger partial charge in [-0.2, -0.15) is 0 Å². The van der Waals surface area contributed by atoms with Gasteiger partial charge in [0.1, 0.15) is 5.82 Å². The lowest BCUT2D eigenvalue weighted by Crippen LogP contribution is -2.17. The number of halogens is 1. The highest BCUT2D eigenvalue weighted by molar-refractivity contribution is 7.10. The van der Waals surface area contributed by atoms with Crippen molar-refractivity contribution in [2.45, 2.75) is 19.9 Å². The van der Waals surface area contributed by atoms with Crippen LogP contribution in [0.3, 0.4) is 0 Å². The maximum absolute atomic E-state index is 11.1. The van der Waals surface area contributed by atoms with Gasteiger partial charge in [0.25, 0.3) is 0 Å². The van der Waals surface area contributed by atoms with Gasteiger partial charge in [0.05, 0.1) is 16.6 Å². The Morgan fingerprint density at radius 1 is 1.45 bits per heavy atom. The van der Waals surface area contributed by atoms with Crippen LogP contribution in [-0.4, -0.2) is 16.1 Å². The summed E-state index contributed by atoms with van der Waals surface area (Å²) in [5.41, 5.74) is 0.0536. The molecule has 0 aliphatic heterocycles. The van der Waals surface area contributed by atoms with Gasteiger partial charge in [-0.1, -0.05) is 31.5 Å². The Bertz CT molecular complexity index is 599. The molecule has 2 N–H and O–H groups in total. The zero-order valence-corrected chi connectivity index (χ0v) is 12.7. The predicted molar refractivity (Wildman–Crippen MR) is 81.7 cm³/mol. The number of aromatic nitrogens is 1. The molecule has 2 rings (SSSR count). The van der Waals surface area contributed by atoms with Crippen molar-refractivity contribution in [3.05, 3.63) is 45.2 Å². The highest BCUT2D eigenvalue weighted by Gasteiger charge is 2.20. The lowest BCUT2D eigenvalue weighted by molar-refractivity contribution is 0.0697. The minimum Gasteiger partial charge on any atom is -0.478 e. The Kier molecular flexibility index (Phi) is 4.62. The van der Waals surface area contributed by atoms with Gasteiger partial charge in [-0.05, 0) is 23.4 Å². The Balaban J connectivity index is 2.32. The van der Waals surface area contributed by atoms with Crippen LogP contribution in [0.5, 0.6) is 0 Å². The Morgan fingerprint density at radius 3 is 2.75 bits per heavy atom. The van der Waals surface area contributed by atoms with E-state index in [-0.39, 0.29) is 16.6 Å². The first-order chi connectivity index (χ1) is 9.50. The van der Waals surface area contributed by atoms with Gasteiger partial charge >= 0.3 is 5.97 Å². The minimum atomic E-state index is -1.06. The monoisotopic (exact) mass is 310 g/mol. The number of anilines is 1. The molecule has 0 aliphatic rings.